The van der Waals surface area contributed by atoms with Gasteiger partial charge >= 0.3 is 0 Å². The fourth-order valence-corrected chi connectivity index (χ4v) is 1.83. The minimum absolute atomic E-state index is 0.0486. The van der Waals surface area contributed by atoms with E-state index in [0.29, 0.717) is 17.2 Å². The van der Waals surface area contributed by atoms with Crippen LogP contribution >= 0.6 is 27.5 Å². The Balaban J connectivity index is 2.76. The molecule has 0 saturated carbocycles. The molecule has 0 spiro atoms. The molecule has 5 heteroatoms. The van der Waals surface area contributed by atoms with Crippen LogP contribution in [-0.2, 0) is 4.74 Å². The van der Waals surface area contributed by atoms with Crippen molar-refractivity contribution in [3.63, 3.8) is 0 Å². The van der Waals surface area contributed by atoms with E-state index in [-0.39, 0.29) is 11.9 Å². The third-order valence-electron chi connectivity index (χ3n) is 1.97. The Bertz CT molecular complexity index is 384. The molecule has 1 aromatic rings. The summed E-state index contributed by atoms with van der Waals surface area (Å²) >= 11 is 9.24. The Hall–Kier alpha value is -0.580. The first-order valence-electron chi connectivity index (χ1n) is 4.79. The number of carbonyl (C=O) groups is 1. The first-order chi connectivity index (χ1) is 7.54. The van der Waals surface area contributed by atoms with Gasteiger partial charge in [-0.15, -0.1) is 0 Å². The standard InChI is InChI=1S/C11H13BrClNO2/c1-7(6-16-2)14-11(15)9-5-8(12)3-4-10(9)13/h3-5,7H,6H2,1-2H3,(H,14,15)/t7-/m0/s1. The van der Waals surface area contributed by atoms with Gasteiger partial charge in [0, 0.05) is 17.6 Å². The van der Waals surface area contributed by atoms with E-state index in [4.69, 9.17) is 16.3 Å². The quantitative estimate of drug-likeness (QED) is 0.929. The van der Waals surface area contributed by atoms with Gasteiger partial charge in [0.1, 0.15) is 0 Å². The maximum absolute atomic E-state index is 11.8. The highest BCUT2D eigenvalue weighted by molar-refractivity contribution is 9.10. The third kappa shape index (κ3) is 3.77. The molecule has 88 valence electrons. The summed E-state index contributed by atoms with van der Waals surface area (Å²) in [6.07, 6.45) is 0. The summed E-state index contributed by atoms with van der Waals surface area (Å²) in [5.41, 5.74) is 0.457. The van der Waals surface area contributed by atoms with Crippen molar-refractivity contribution >= 4 is 33.4 Å². The van der Waals surface area contributed by atoms with E-state index in [1.54, 1.807) is 25.3 Å². The van der Waals surface area contributed by atoms with Crippen molar-refractivity contribution in [2.45, 2.75) is 13.0 Å². The van der Waals surface area contributed by atoms with E-state index >= 15 is 0 Å². The third-order valence-corrected chi connectivity index (χ3v) is 2.79. The molecule has 0 aliphatic heterocycles. The van der Waals surface area contributed by atoms with Crippen molar-refractivity contribution in [2.24, 2.45) is 0 Å². The van der Waals surface area contributed by atoms with Gasteiger partial charge in [-0.3, -0.25) is 4.79 Å². The Kier molecular flexibility index (Phi) is 5.25. The van der Waals surface area contributed by atoms with Gasteiger partial charge in [0.05, 0.1) is 17.2 Å². The van der Waals surface area contributed by atoms with E-state index in [0.717, 1.165) is 4.47 Å². The molecule has 1 N–H and O–H groups in total. The van der Waals surface area contributed by atoms with Crippen LogP contribution in [0.4, 0.5) is 0 Å². The normalized spacial score (nSPS) is 12.2. The predicted molar refractivity (Wildman–Crippen MR) is 68.0 cm³/mol. The highest BCUT2D eigenvalue weighted by Gasteiger charge is 2.13. The van der Waals surface area contributed by atoms with E-state index in [1.165, 1.54) is 0 Å². The molecule has 0 aliphatic carbocycles. The molecule has 3 nitrogen and oxygen atoms in total. The van der Waals surface area contributed by atoms with Crippen LogP contribution in [0.2, 0.25) is 5.02 Å². The minimum atomic E-state index is -0.198. The van der Waals surface area contributed by atoms with Crippen LogP contribution in [0.5, 0.6) is 0 Å². The van der Waals surface area contributed by atoms with Gasteiger partial charge in [-0.1, -0.05) is 27.5 Å². The smallest absolute Gasteiger partial charge is 0.253 e. The molecule has 1 amide bonds. The second-order valence-electron chi connectivity index (χ2n) is 3.45. The summed E-state index contributed by atoms with van der Waals surface area (Å²) in [5, 5.41) is 3.23. The topological polar surface area (TPSA) is 38.3 Å². The molecule has 1 rings (SSSR count). The lowest BCUT2D eigenvalue weighted by atomic mass is 10.2. The molecule has 0 saturated heterocycles. The number of hydrogen-bond donors (Lipinski definition) is 1. The lowest BCUT2D eigenvalue weighted by Crippen LogP contribution is -2.35. The van der Waals surface area contributed by atoms with Gasteiger partial charge in [-0.2, -0.15) is 0 Å². The number of benzene rings is 1. The molecule has 0 heterocycles. The number of amides is 1. The lowest BCUT2D eigenvalue weighted by Gasteiger charge is -2.13. The second kappa shape index (κ2) is 6.23. The summed E-state index contributed by atoms with van der Waals surface area (Å²) in [7, 11) is 1.59. The summed E-state index contributed by atoms with van der Waals surface area (Å²) in [5.74, 6) is -0.198. The van der Waals surface area contributed by atoms with Crippen molar-refractivity contribution in [3.8, 4) is 0 Å². The van der Waals surface area contributed by atoms with Crippen molar-refractivity contribution in [1.29, 1.82) is 0 Å². The van der Waals surface area contributed by atoms with E-state index < -0.39 is 0 Å². The van der Waals surface area contributed by atoms with Gasteiger partial charge < -0.3 is 10.1 Å². The average Bonchev–Trinajstić information content (AvgIpc) is 2.21. The maximum Gasteiger partial charge on any atom is 0.253 e. The van der Waals surface area contributed by atoms with Crippen molar-refractivity contribution in [2.75, 3.05) is 13.7 Å². The summed E-state index contributed by atoms with van der Waals surface area (Å²) in [4.78, 5) is 11.8. The van der Waals surface area contributed by atoms with Crippen LogP contribution in [0.3, 0.4) is 0 Å². The maximum atomic E-state index is 11.8. The second-order valence-corrected chi connectivity index (χ2v) is 4.78. The largest absolute Gasteiger partial charge is 0.383 e. The minimum Gasteiger partial charge on any atom is -0.383 e. The summed E-state index contributed by atoms with van der Waals surface area (Å²) < 4.78 is 5.76. The highest BCUT2D eigenvalue weighted by Crippen LogP contribution is 2.20. The molecule has 0 fully saturated rings. The number of halogens is 2. The van der Waals surface area contributed by atoms with Gasteiger partial charge in [-0.05, 0) is 25.1 Å². The molecular formula is C11H13BrClNO2. The molecule has 0 radical (unpaired) electrons. The zero-order chi connectivity index (χ0) is 12.1. The molecule has 0 aromatic heterocycles. The van der Waals surface area contributed by atoms with Crippen LogP contribution in [0.1, 0.15) is 17.3 Å². The first-order valence-corrected chi connectivity index (χ1v) is 5.96. The molecule has 0 bridgehead atoms. The zero-order valence-electron chi connectivity index (χ0n) is 9.09. The molecule has 1 atom stereocenters. The van der Waals surface area contributed by atoms with Crippen molar-refractivity contribution < 1.29 is 9.53 Å². The van der Waals surface area contributed by atoms with Crippen LogP contribution < -0.4 is 5.32 Å². The van der Waals surface area contributed by atoms with E-state index in [9.17, 15) is 4.79 Å². The molecule has 0 unspecified atom stereocenters. The zero-order valence-corrected chi connectivity index (χ0v) is 11.4. The van der Waals surface area contributed by atoms with Crippen LogP contribution in [0.15, 0.2) is 22.7 Å². The average molecular weight is 307 g/mol. The van der Waals surface area contributed by atoms with Crippen LogP contribution in [0, 0.1) is 0 Å². The number of ether oxygens (including phenoxy) is 1. The number of nitrogens with one attached hydrogen (secondary N) is 1. The molecule has 16 heavy (non-hydrogen) atoms. The van der Waals surface area contributed by atoms with E-state index in [1.807, 2.05) is 6.92 Å². The Morgan fingerprint density at radius 3 is 2.94 bits per heavy atom. The Morgan fingerprint density at radius 1 is 1.62 bits per heavy atom. The van der Waals surface area contributed by atoms with Crippen LogP contribution in [-0.4, -0.2) is 25.7 Å². The van der Waals surface area contributed by atoms with Crippen LogP contribution in [0.25, 0.3) is 0 Å². The van der Waals surface area contributed by atoms with Crippen molar-refractivity contribution in [3.05, 3.63) is 33.3 Å². The molecular weight excluding hydrogens is 293 g/mol. The molecule has 1 aromatic carbocycles. The SMILES string of the molecule is COC[C@H](C)NC(=O)c1cc(Br)ccc1Cl. The van der Waals surface area contributed by atoms with Gasteiger partial charge in [0.2, 0.25) is 0 Å². The summed E-state index contributed by atoms with van der Waals surface area (Å²) in [6.45, 7) is 2.34. The molecule has 0 aliphatic rings. The number of hydrogen-bond acceptors (Lipinski definition) is 2. The number of carbonyl (C=O) groups excluding carboxylic acids is 1. The fourth-order valence-electron chi connectivity index (χ4n) is 1.26. The fraction of sp³-hybridized carbons (Fsp3) is 0.364. The Morgan fingerprint density at radius 2 is 2.31 bits per heavy atom. The van der Waals surface area contributed by atoms with Gasteiger partial charge in [0.15, 0.2) is 0 Å². The lowest BCUT2D eigenvalue weighted by molar-refractivity contribution is 0.0905. The number of rotatable bonds is 4. The first kappa shape index (κ1) is 13.5. The van der Waals surface area contributed by atoms with E-state index in [2.05, 4.69) is 21.2 Å². The van der Waals surface area contributed by atoms with Gasteiger partial charge in [-0.25, -0.2) is 0 Å². The predicted octanol–water partition coefficient (Wildman–Crippen LogP) is 2.87. The van der Waals surface area contributed by atoms with Crippen molar-refractivity contribution in [1.82, 2.24) is 5.32 Å². The monoisotopic (exact) mass is 305 g/mol. The Labute approximate surface area is 108 Å². The van der Waals surface area contributed by atoms with Gasteiger partial charge in [0.25, 0.3) is 5.91 Å². The summed E-state index contributed by atoms with van der Waals surface area (Å²) in [6, 6.07) is 5.11. The number of methoxy groups -OCH3 is 1. The highest BCUT2D eigenvalue weighted by atomic mass is 79.9.